The van der Waals surface area contributed by atoms with E-state index in [1.807, 2.05) is 24.7 Å². The van der Waals surface area contributed by atoms with Crippen molar-refractivity contribution in [3.05, 3.63) is 64.0 Å². The number of benzene rings is 1. The maximum absolute atomic E-state index is 12.5. The number of aromatic nitrogens is 5. The van der Waals surface area contributed by atoms with Crippen LogP contribution in [-0.4, -0.2) is 68.3 Å². The average molecular weight is 477 g/mol. The van der Waals surface area contributed by atoms with E-state index in [2.05, 4.69) is 65.5 Å². The Labute approximate surface area is 202 Å². The van der Waals surface area contributed by atoms with E-state index in [1.54, 1.807) is 6.33 Å². The van der Waals surface area contributed by atoms with Gasteiger partial charge in [0.05, 0.1) is 28.8 Å². The van der Waals surface area contributed by atoms with E-state index in [9.17, 15) is 4.79 Å². The number of piperazine rings is 1. The van der Waals surface area contributed by atoms with Gasteiger partial charge < -0.3 is 10.2 Å². The molecule has 1 saturated heterocycles. The quantitative estimate of drug-likeness (QED) is 0.438. The van der Waals surface area contributed by atoms with Gasteiger partial charge in [-0.15, -0.1) is 11.3 Å². The molecule has 1 N–H and O–H groups in total. The summed E-state index contributed by atoms with van der Waals surface area (Å²) in [5, 5.41) is 9.34. The summed E-state index contributed by atoms with van der Waals surface area (Å²) in [6, 6.07) is 10.6. The minimum atomic E-state index is -0.0942. The molecule has 0 saturated carbocycles. The number of hydrogen-bond donors (Lipinski definition) is 1. The Morgan fingerprint density at radius 2 is 1.88 bits per heavy atom. The van der Waals surface area contributed by atoms with Crippen LogP contribution >= 0.6 is 11.3 Å². The van der Waals surface area contributed by atoms with Crippen molar-refractivity contribution in [1.82, 2.24) is 34.9 Å². The fourth-order valence-corrected chi connectivity index (χ4v) is 5.19. The number of amides is 1. The number of rotatable bonds is 7. The maximum Gasteiger partial charge on any atom is 0.263 e. The molecule has 10 heteroatoms. The van der Waals surface area contributed by atoms with Gasteiger partial charge in [0.15, 0.2) is 5.65 Å². The molecule has 3 aromatic heterocycles. The topological polar surface area (TPSA) is 92.1 Å². The van der Waals surface area contributed by atoms with Gasteiger partial charge in [-0.1, -0.05) is 30.3 Å². The Bertz CT molecular complexity index is 1280. The summed E-state index contributed by atoms with van der Waals surface area (Å²) in [6.07, 6.45) is 3.44. The summed E-state index contributed by atoms with van der Waals surface area (Å²) in [7, 11) is 0. The molecule has 4 heterocycles. The monoisotopic (exact) mass is 476 g/mol. The SMILES string of the molecule is Cc1nc(C)c(C(=O)NCCn2ncc3c(N4CCN(Cc5ccccc5)CC4)ncnc32)s1. The molecule has 0 atom stereocenters. The standard InChI is InChI=1S/C24H28N8OS/c1-17-21(34-18(2)29-17)24(33)25-8-9-32-23-20(14-28-32)22(26-16-27-23)31-12-10-30(11-13-31)15-19-6-4-3-5-7-19/h3-7,14,16H,8-13,15H2,1-2H3,(H,25,33). The molecule has 1 aliphatic heterocycles. The molecule has 0 bridgehead atoms. The zero-order valence-electron chi connectivity index (χ0n) is 19.4. The number of anilines is 1. The normalized spacial score (nSPS) is 14.6. The van der Waals surface area contributed by atoms with Crippen LogP contribution in [0.4, 0.5) is 5.82 Å². The molecule has 1 amide bonds. The van der Waals surface area contributed by atoms with Gasteiger partial charge in [0.25, 0.3) is 5.91 Å². The minimum Gasteiger partial charge on any atom is -0.353 e. The van der Waals surface area contributed by atoms with Crippen molar-refractivity contribution in [3.8, 4) is 0 Å². The molecule has 0 spiro atoms. The van der Waals surface area contributed by atoms with E-state index < -0.39 is 0 Å². The zero-order chi connectivity index (χ0) is 23.5. The summed E-state index contributed by atoms with van der Waals surface area (Å²) in [5.74, 6) is 0.832. The second-order valence-corrected chi connectivity index (χ2v) is 9.66. The number of nitrogens with zero attached hydrogens (tertiary/aromatic N) is 7. The first-order valence-electron chi connectivity index (χ1n) is 11.5. The summed E-state index contributed by atoms with van der Waals surface area (Å²) in [6.45, 7) is 9.52. The predicted octanol–water partition coefficient (Wildman–Crippen LogP) is 2.65. The van der Waals surface area contributed by atoms with Gasteiger partial charge in [0.1, 0.15) is 17.0 Å². The minimum absolute atomic E-state index is 0.0942. The third-order valence-corrected chi connectivity index (χ3v) is 7.12. The highest BCUT2D eigenvalue weighted by molar-refractivity contribution is 7.13. The van der Waals surface area contributed by atoms with E-state index in [4.69, 9.17) is 0 Å². The molecule has 9 nitrogen and oxygen atoms in total. The zero-order valence-corrected chi connectivity index (χ0v) is 20.3. The van der Waals surface area contributed by atoms with Gasteiger partial charge in [-0.05, 0) is 19.4 Å². The van der Waals surface area contributed by atoms with Crippen LogP contribution in [-0.2, 0) is 13.1 Å². The molecule has 1 fully saturated rings. The highest BCUT2D eigenvalue weighted by Gasteiger charge is 2.21. The van der Waals surface area contributed by atoms with E-state index in [0.29, 0.717) is 18.0 Å². The van der Waals surface area contributed by atoms with Gasteiger partial charge >= 0.3 is 0 Å². The molecule has 1 aliphatic rings. The highest BCUT2D eigenvalue weighted by Crippen LogP contribution is 2.24. The summed E-state index contributed by atoms with van der Waals surface area (Å²) in [4.78, 5) is 31.3. The molecule has 0 radical (unpaired) electrons. The molecular formula is C24H28N8OS. The Balaban J connectivity index is 1.21. The molecule has 0 unspecified atom stereocenters. The molecule has 0 aliphatic carbocycles. The van der Waals surface area contributed by atoms with Crippen molar-refractivity contribution in [2.24, 2.45) is 0 Å². The Morgan fingerprint density at radius 1 is 1.09 bits per heavy atom. The smallest absolute Gasteiger partial charge is 0.263 e. The second kappa shape index (κ2) is 9.86. The highest BCUT2D eigenvalue weighted by atomic mass is 32.1. The van der Waals surface area contributed by atoms with E-state index >= 15 is 0 Å². The van der Waals surface area contributed by atoms with Gasteiger partial charge in [-0.3, -0.25) is 9.69 Å². The van der Waals surface area contributed by atoms with Crippen LogP contribution in [0, 0.1) is 13.8 Å². The largest absolute Gasteiger partial charge is 0.353 e. The van der Waals surface area contributed by atoms with E-state index in [0.717, 1.165) is 60.3 Å². The lowest BCUT2D eigenvalue weighted by molar-refractivity contribution is 0.0955. The van der Waals surface area contributed by atoms with Crippen LogP contribution < -0.4 is 10.2 Å². The fraction of sp³-hybridized carbons (Fsp3) is 0.375. The molecule has 5 rings (SSSR count). The summed E-state index contributed by atoms with van der Waals surface area (Å²) < 4.78 is 1.83. The first kappa shape index (κ1) is 22.4. The molecule has 176 valence electrons. The second-order valence-electron chi connectivity index (χ2n) is 8.45. The van der Waals surface area contributed by atoms with Gasteiger partial charge in [0.2, 0.25) is 0 Å². The van der Waals surface area contributed by atoms with Crippen molar-refractivity contribution < 1.29 is 4.79 Å². The predicted molar refractivity (Wildman–Crippen MR) is 133 cm³/mol. The van der Waals surface area contributed by atoms with Crippen LogP contribution in [0.1, 0.15) is 25.9 Å². The van der Waals surface area contributed by atoms with Crippen LogP contribution in [0.15, 0.2) is 42.9 Å². The van der Waals surface area contributed by atoms with Gasteiger partial charge in [0, 0.05) is 39.3 Å². The molecule has 34 heavy (non-hydrogen) atoms. The van der Waals surface area contributed by atoms with Crippen molar-refractivity contribution in [1.29, 1.82) is 0 Å². The molecular weight excluding hydrogens is 448 g/mol. The average Bonchev–Trinajstić information content (AvgIpc) is 3.42. The Hall–Kier alpha value is -3.37. The van der Waals surface area contributed by atoms with Gasteiger partial charge in [-0.2, -0.15) is 5.10 Å². The van der Waals surface area contributed by atoms with Crippen LogP contribution in [0.3, 0.4) is 0 Å². The Kier molecular flexibility index (Phi) is 6.50. The lowest BCUT2D eigenvalue weighted by Crippen LogP contribution is -2.46. The number of carbonyl (C=O) groups excluding carboxylic acids is 1. The number of fused-ring (bicyclic) bond motifs is 1. The maximum atomic E-state index is 12.5. The van der Waals surface area contributed by atoms with Gasteiger partial charge in [-0.25, -0.2) is 19.6 Å². The summed E-state index contributed by atoms with van der Waals surface area (Å²) >= 11 is 1.42. The van der Waals surface area contributed by atoms with Crippen molar-refractivity contribution >= 4 is 34.1 Å². The third-order valence-electron chi connectivity index (χ3n) is 6.05. The third kappa shape index (κ3) is 4.78. The number of carbonyl (C=O) groups is 1. The number of aryl methyl sites for hydroxylation is 2. The number of thiazole rings is 1. The van der Waals surface area contributed by atoms with E-state index in [-0.39, 0.29) is 5.91 Å². The first-order valence-corrected chi connectivity index (χ1v) is 12.3. The molecule has 4 aromatic rings. The number of nitrogens with one attached hydrogen (secondary N) is 1. The van der Waals surface area contributed by atoms with Crippen LogP contribution in [0.25, 0.3) is 11.0 Å². The van der Waals surface area contributed by atoms with Crippen molar-refractivity contribution in [2.75, 3.05) is 37.6 Å². The fourth-order valence-electron chi connectivity index (χ4n) is 4.35. The number of hydrogen-bond acceptors (Lipinski definition) is 8. The first-order chi connectivity index (χ1) is 16.6. The van der Waals surface area contributed by atoms with Crippen LogP contribution in [0.5, 0.6) is 0 Å². The summed E-state index contributed by atoms with van der Waals surface area (Å²) in [5.41, 5.74) is 2.90. The lowest BCUT2D eigenvalue weighted by atomic mass is 10.2. The van der Waals surface area contributed by atoms with Crippen LogP contribution in [0.2, 0.25) is 0 Å². The Morgan fingerprint density at radius 3 is 2.62 bits per heavy atom. The lowest BCUT2D eigenvalue weighted by Gasteiger charge is -2.35. The molecule has 1 aromatic carbocycles. The van der Waals surface area contributed by atoms with Crippen molar-refractivity contribution in [3.63, 3.8) is 0 Å². The van der Waals surface area contributed by atoms with E-state index in [1.165, 1.54) is 16.9 Å². The van der Waals surface area contributed by atoms with Crippen molar-refractivity contribution in [2.45, 2.75) is 26.9 Å².